The predicted molar refractivity (Wildman–Crippen MR) is 416 cm³/mol. The topological polar surface area (TPSA) is 334 Å². The van der Waals surface area contributed by atoms with Crippen LogP contribution in [0.15, 0.2) is 205 Å². The van der Waals surface area contributed by atoms with Crippen LogP contribution in [0.1, 0.15) is 44.5 Å². The minimum absolute atomic E-state index is 0.0926. The van der Waals surface area contributed by atoms with Gasteiger partial charge in [0.2, 0.25) is 0 Å². The average Bonchev–Trinajstić information content (AvgIpc) is 1.62. The SMILES string of the molecule is Cn1c(=O)c2c(ncn2CCOc2ccc3cc2Cc2cc(ccc2OCCn2cnc4c2c(=O)n(C)c(=O)n4C)N=Cc2cccc(c2)C=Nc2ccc(OCCn4cnc5c4c(=O)n(C)c(=O)n5C)c(c2)Cc2cc(ccc2OCCn2cnc4c2c(=O)n(C)c(=O)n4C)N=Cc2cccc(c2)C=N3)n(C)c1=O. The molecule has 9 heterocycles. The van der Waals surface area contributed by atoms with E-state index in [1.165, 1.54) is 71.8 Å². The molecular formula is C78H72N20O12. The summed E-state index contributed by atoms with van der Waals surface area (Å²) < 4.78 is 42.7. The van der Waals surface area contributed by atoms with Crippen LogP contribution in [0.3, 0.4) is 0 Å². The number of hydrogen-bond acceptors (Lipinski definition) is 20. The van der Waals surface area contributed by atoms with E-state index in [9.17, 15) is 38.4 Å². The fourth-order valence-electron chi connectivity index (χ4n) is 13.4. The smallest absolute Gasteiger partial charge is 0.332 e. The van der Waals surface area contributed by atoms with Gasteiger partial charge >= 0.3 is 22.8 Å². The van der Waals surface area contributed by atoms with Gasteiger partial charge in [-0.1, -0.05) is 36.4 Å². The zero-order valence-electron chi connectivity index (χ0n) is 61.1. The van der Waals surface area contributed by atoms with Crippen molar-refractivity contribution in [2.45, 2.75) is 39.0 Å². The quantitative estimate of drug-likeness (QED) is 0.115. The first kappa shape index (κ1) is 71.4. The molecule has 0 saturated heterocycles. The zero-order valence-corrected chi connectivity index (χ0v) is 61.1. The van der Waals surface area contributed by atoms with Crippen molar-refractivity contribution in [3.05, 3.63) is 274 Å². The highest BCUT2D eigenvalue weighted by atomic mass is 16.5. The first-order valence-electron chi connectivity index (χ1n) is 35.0. The van der Waals surface area contributed by atoms with Crippen LogP contribution in [0.5, 0.6) is 23.0 Å². The summed E-state index contributed by atoms with van der Waals surface area (Å²) in [6.07, 6.45) is 13.5. The summed E-state index contributed by atoms with van der Waals surface area (Å²) in [4.78, 5) is 143. The Labute approximate surface area is 622 Å². The minimum Gasteiger partial charge on any atom is -0.491 e. The van der Waals surface area contributed by atoms with Crippen LogP contribution >= 0.6 is 0 Å². The fourth-order valence-corrected chi connectivity index (χ4v) is 13.4. The number of fused-ring (bicyclic) bond motifs is 16. The number of hydrogen-bond donors (Lipinski definition) is 0. The molecule has 0 radical (unpaired) electrons. The Hall–Kier alpha value is -14.2. The third-order valence-electron chi connectivity index (χ3n) is 19.4. The van der Waals surface area contributed by atoms with Crippen molar-refractivity contribution in [2.75, 3.05) is 26.4 Å². The molecule has 15 rings (SSSR count). The highest BCUT2D eigenvalue weighted by Crippen LogP contribution is 2.35. The Balaban J connectivity index is 0.795. The van der Waals surface area contributed by atoms with Gasteiger partial charge in [-0.05, 0) is 107 Å². The van der Waals surface area contributed by atoms with Gasteiger partial charge in [0.05, 0.1) is 74.2 Å². The lowest BCUT2D eigenvalue weighted by atomic mass is 10.0. The maximum Gasteiger partial charge on any atom is 0.332 e. The van der Waals surface area contributed by atoms with Gasteiger partial charge < -0.3 is 37.2 Å². The van der Waals surface area contributed by atoms with Gasteiger partial charge in [-0.15, -0.1) is 0 Å². The number of ether oxygens (including phenoxy) is 4. The van der Waals surface area contributed by atoms with Gasteiger partial charge in [0, 0.05) is 116 Å². The van der Waals surface area contributed by atoms with E-state index in [1.807, 2.05) is 121 Å². The number of aryl methyl sites for hydroxylation is 4. The number of nitrogens with zero attached hydrogens (tertiary/aromatic N) is 20. The third kappa shape index (κ3) is 13.8. The van der Waals surface area contributed by atoms with Crippen molar-refractivity contribution >= 4 is 92.3 Å². The van der Waals surface area contributed by atoms with Gasteiger partial charge in [0.25, 0.3) is 22.2 Å². The number of aliphatic imine (C=N–C) groups is 4. The average molecular weight is 1480 g/mol. The summed E-state index contributed by atoms with van der Waals surface area (Å²) in [5.74, 6) is 2.03. The molecule has 0 spiro atoms. The fraction of sp³-hybridized carbons (Fsp3) is 0.231. The van der Waals surface area contributed by atoms with E-state index in [0.717, 1.165) is 40.5 Å². The minimum atomic E-state index is -0.496. The van der Waals surface area contributed by atoms with Gasteiger partial charge in [0.1, 0.15) is 49.4 Å². The Kier molecular flexibility index (Phi) is 19.2. The van der Waals surface area contributed by atoms with E-state index in [0.29, 0.717) is 68.0 Å². The van der Waals surface area contributed by atoms with E-state index in [-0.39, 0.29) is 110 Å². The van der Waals surface area contributed by atoms with E-state index in [1.54, 1.807) is 71.3 Å². The molecule has 14 aromatic rings. The Morgan fingerprint density at radius 1 is 0.291 bits per heavy atom. The van der Waals surface area contributed by atoms with Crippen molar-refractivity contribution in [2.24, 2.45) is 76.4 Å². The third-order valence-corrected chi connectivity index (χ3v) is 19.4. The van der Waals surface area contributed by atoms with Crippen molar-refractivity contribution < 1.29 is 18.9 Å². The lowest BCUT2D eigenvalue weighted by Crippen LogP contribution is -2.37. The monoisotopic (exact) mass is 1480 g/mol. The number of benzene rings is 6. The summed E-state index contributed by atoms with van der Waals surface area (Å²) in [6, 6.07) is 37.8. The Morgan fingerprint density at radius 3 is 0.745 bits per heavy atom. The molecule has 110 heavy (non-hydrogen) atoms. The number of imidazole rings is 4. The van der Waals surface area contributed by atoms with Gasteiger partial charge in [-0.2, -0.15) is 0 Å². The Bertz CT molecular complexity index is 5930. The molecule has 12 bridgehead atoms. The second-order valence-corrected chi connectivity index (χ2v) is 26.6. The molecule has 556 valence electrons. The van der Waals surface area contributed by atoms with E-state index in [4.69, 9.17) is 38.9 Å². The van der Waals surface area contributed by atoms with Gasteiger partial charge in [0.15, 0.2) is 44.7 Å². The van der Waals surface area contributed by atoms with Crippen molar-refractivity contribution in [3.63, 3.8) is 0 Å². The first-order chi connectivity index (χ1) is 53.1. The van der Waals surface area contributed by atoms with Gasteiger partial charge in [-0.25, -0.2) is 39.1 Å². The normalized spacial score (nSPS) is 12.4. The van der Waals surface area contributed by atoms with E-state index < -0.39 is 45.0 Å². The molecule has 6 aromatic carbocycles. The molecular weight excluding hydrogens is 1410 g/mol. The molecule has 0 N–H and O–H groups in total. The lowest BCUT2D eigenvalue weighted by Gasteiger charge is -2.16. The van der Waals surface area contributed by atoms with Crippen LogP contribution in [0.2, 0.25) is 0 Å². The highest BCUT2D eigenvalue weighted by molar-refractivity contribution is 5.90. The molecule has 32 nitrogen and oxygen atoms in total. The standard InChI is InChI=1S/C78H72N20O12/c1-87-67-63(71(99)91(5)75(87)103)95(43-83-67)23-27-107-59-19-15-55-35-51(59)33-52-36-56(16-20-60(52)108-28-24-96-44-84-68-64(96)72(100)92(6)76(104)88(68)2)80-40-49-13-10-14-50(32-49)42-82-58-18-22-62(110-30-26-98-46-86-70-66(98)74(102)94(8)78(106)90(70)4)54(38-58)34-53-37-57(81-41-48-12-9-11-47(31-48)39-79-55)17-21-61(53)109-29-25-97-45-85-69-65(97)73(101)93(7)77(105)89(69)3/h9-22,31-32,35-46H,23-30,33-34H2,1-8H3. The van der Waals surface area contributed by atoms with E-state index in [2.05, 4.69) is 19.9 Å². The molecule has 1 aliphatic heterocycles. The summed E-state index contributed by atoms with van der Waals surface area (Å²) in [6.45, 7) is 1.18. The summed E-state index contributed by atoms with van der Waals surface area (Å²) in [5.41, 5.74) is 6.32. The largest absolute Gasteiger partial charge is 0.491 e. The molecule has 0 fully saturated rings. The second-order valence-electron chi connectivity index (χ2n) is 26.6. The lowest BCUT2D eigenvalue weighted by molar-refractivity contribution is 0.294. The molecule has 0 aliphatic carbocycles. The summed E-state index contributed by atoms with van der Waals surface area (Å²) in [7, 11) is 11.9. The highest BCUT2D eigenvalue weighted by Gasteiger charge is 2.22. The first-order valence-corrected chi connectivity index (χ1v) is 35.0. The van der Waals surface area contributed by atoms with Crippen LogP contribution in [-0.2, 0) is 95.4 Å². The van der Waals surface area contributed by atoms with Crippen LogP contribution < -0.4 is 63.9 Å². The van der Waals surface area contributed by atoms with Crippen LogP contribution in [-0.4, -0.2) is 126 Å². The maximum atomic E-state index is 13.5. The van der Waals surface area contributed by atoms with Crippen LogP contribution in [0, 0.1) is 0 Å². The number of aromatic nitrogens is 16. The Morgan fingerprint density at radius 2 is 0.518 bits per heavy atom. The molecule has 32 heteroatoms. The van der Waals surface area contributed by atoms with Crippen LogP contribution in [0.4, 0.5) is 22.7 Å². The van der Waals surface area contributed by atoms with E-state index >= 15 is 0 Å². The molecule has 8 aromatic heterocycles. The molecule has 0 atom stereocenters. The van der Waals surface area contributed by atoms with Gasteiger partial charge in [-0.3, -0.25) is 75.7 Å². The molecule has 0 saturated carbocycles. The molecule has 0 unspecified atom stereocenters. The van der Waals surface area contributed by atoms with Crippen molar-refractivity contribution in [1.82, 2.24) is 74.7 Å². The second kappa shape index (κ2) is 29.6. The summed E-state index contributed by atoms with van der Waals surface area (Å²) >= 11 is 0. The van der Waals surface area contributed by atoms with Crippen LogP contribution in [0.25, 0.3) is 44.7 Å². The molecule has 0 amide bonds. The summed E-state index contributed by atoms with van der Waals surface area (Å²) in [5, 5.41) is 0. The predicted octanol–water partition coefficient (Wildman–Crippen LogP) is 5.49. The maximum absolute atomic E-state index is 13.5. The van der Waals surface area contributed by atoms with Crippen molar-refractivity contribution in [3.8, 4) is 23.0 Å². The molecule has 1 aliphatic rings. The zero-order chi connectivity index (χ0) is 76.8. The number of rotatable bonds is 16. The van der Waals surface area contributed by atoms with Crippen molar-refractivity contribution in [1.29, 1.82) is 0 Å².